The maximum atomic E-state index is 12.7. The molecular formula is C12H23N5O2S. The van der Waals surface area contributed by atoms with E-state index in [0.717, 1.165) is 13.0 Å². The van der Waals surface area contributed by atoms with Crippen molar-refractivity contribution in [3.63, 3.8) is 0 Å². The number of piperazine rings is 1. The van der Waals surface area contributed by atoms with Gasteiger partial charge in [-0.2, -0.15) is 9.40 Å². The van der Waals surface area contributed by atoms with Crippen LogP contribution in [-0.2, 0) is 16.6 Å². The number of aromatic amines is 1. The topological polar surface area (TPSA) is 81.3 Å². The lowest BCUT2D eigenvalue weighted by atomic mass is 10.1. The molecule has 7 nitrogen and oxygen atoms in total. The first-order valence-corrected chi connectivity index (χ1v) is 8.32. The standard InChI is InChI=1S/C12H23N5O2S/c1-4-11-9-17(6-5-16(11)3)20(18,19)12-10(7-13-2)8-14-15-12/h8,11,13H,4-7,9H2,1-3H3,(H,14,15). The molecule has 1 aromatic heterocycles. The first-order valence-electron chi connectivity index (χ1n) is 6.88. The Morgan fingerprint density at radius 3 is 2.90 bits per heavy atom. The van der Waals surface area contributed by atoms with Gasteiger partial charge < -0.3 is 10.2 Å². The zero-order valence-corrected chi connectivity index (χ0v) is 13.1. The largest absolute Gasteiger partial charge is 0.316 e. The summed E-state index contributed by atoms with van der Waals surface area (Å²) < 4.78 is 27.0. The Balaban J connectivity index is 2.24. The molecule has 0 saturated carbocycles. The van der Waals surface area contributed by atoms with Gasteiger partial charge in [0.25, 0.3) is 10.0 Å². The molecule has 1 atom stereocenters. The van der Waals surface area contributed by atoms with Crippen LogP contribution in [0.25, 0.3) is 0 Å². The van der Waals surface area contributed by atoms with Crippen molar-refractivity contribution < 1.29 is 8.42 Å². The van der Waals surface area contributed by atoms with Crippen molar-refractivity contribution in [3.05, 3.63) is 11.8 Å². The van der Waals surface area contributed by atoms with Gasteiger partial charge in [-0.25, -0.2) is 8.42 Å². The molecule has 2 heterocycles. The number of nitrogens with one attached hydrogen (secondary N) is 2. The zero-order chi connectivity index (χ0) is 14.8. The Morgan fingerprint density at radius 2 is 2.25 bits per heavy atom. The molecule has 2 N–H and O–H groups in total. The molecule has 8 heteroatoms. The van der Waals surface area contributed by atoms with E-state index < -0.39 is 10.0 Å². The van der Waals surface area contributed by atoms with Gasteiger partial charge >= 0.3 is 0 Å². The monoisotopic (exact) mass is 301 g/mol. The van der Waals surface area contributed by atoms with Gasteiger partial charge in [0.15, 0.2) is 5.03 Å². The van der Waals surface area contributed by atoms with E-state index in [9.17, 15) is 8.42 Å². The molecule has 0 radical (unpaired) electrons. The van der Waals surface area contributed by atoms with E-state index in [1.807, 2.05) is 7.05 Å². The van der Waals surface area contributed by atoms with E-state index in [1.165, 1.54) is 0 Å². The Kier molecular flexibility index (Phi) is 4.79. The predicted octanol–water partition coefficient (Wildman–Crippen LogP) is -0.156. The van der Waals surface area contributed by atoms with E-state index in [1.54, 1.807) is 17.5 Å². The van der Waals surface area contributed by atoms with Gasteiger partial charge in [-0.1, -0.05) is 6.92 Å². The molecule has 2 rings (SSSR count). The van der Waals surface area contributed by atoms with Crippen LogP contribution in [0.1, 0.15) is 18.9 Å². The summed E-state index contributed by atoms with van der Waals surface area (Å²) in [6, 6.07) is 0.272. The smallest absolute Gasteiger partial charge is 0.260 e. The van der Waals surface area contributed by atoms with E-state index in [2.05, 4.69) is 27.3 Å². The molecule has 0 aromatic carbocycles. The molecule has 0 amide bonds. The highest BCUT2D eigenvalue weighted by atomic mass is 32.2. The molecule has 1 unspecified atom stereocenters. The molecule has 1 aromatic rings. The van der Waals surface area contributed by atoms with Crippen LogP contribution in [0.4, 0.5) is 0 Å². The number of hydrogen-bond acceptors (Lipinski definition) is 5. The molecule has 1 fully saturated rings. The van der Waals surface area contributed by atoms with Crippen molar-refractivity contribution >= 4 is 10.0 Å². The minimum Gasteiger partial charge on any atom is -0.316 e. The minimum absolute atomic E-state index is 0.214. The third-order valence-electron chi connectivity index (χ3n) is 3.85. The number of aromatic nitrogens is 2. The lowest BCUT2D eigenvalue weighted by Gasteiger charge is -2.38. The van der Waals surface area contributed by atoms with Gasteiger partial charge in [-0.3, -0.25) is 5.10 Å². The molecular weight excluding hydrogens is 278 g/mol. The second kappa shape index (κ2) is 6.21. The molecule has 20 heavy (non-hydrogen) atoms. The Labute approximate surface area is 120 Å². The molecule has 1 aliphatic rings. The lowest BCUT2D eigenvalue weighted by molar-refractivity contribution is 0.144. The number of hydrogen-bond donors (Lipinski definition) is 2. The Morgan fingerprint density at radius 1 is 1.50 bits per heavy atom. The molecule has 0 bridgehead atoms. The summed E-state index contributed by atoms with van der Waals surface area (Å²) in [5, 5.41) is 9.69. The molecule has 114 valence electrons. The number of H-pyrrole nitrogens is 1. The van der Waals surface area contributed by atoms with Crippen LogP contribution < -0.4 is 5.32 Å². The van der Waals surface area contributed by atoms with E-state index in [0.29, 0.717) is 25.2 Å². The Hall–Kier alpha value is -0.960. The van der Waals surface area contributed by atoms with Crippen molar-refractivity contribution in [2.45, 2.75) is 31.0 Å². The third-order valence-corrected chi connectivity index (χ3v) is 5.74. The highest BCUT2D eigenvalue weighted by Crippen LogP contribution is 2.21. The summed E-state index contributed by atoms with van der Waals surface area (Å²) in [5.41, 5.74) is 0.680. The Bertz CT molecular complexity index is 542. The number of nitrogens with zero attached hydrogens (tertiary/aromatic N) is 3. The molecule has 1 saturated heterocycles. The first-order chi connectivity index (χ1) is 9.50. The van der Waals surface area contributed by atoms with E-state index >= 15 is 0 Å². The fraction of sp³-hybridized carbons (Fsp3) is 0.750. The van der Waals surface area contributed by atoms with Crippen LogP contribution in [-0.4, -0.2) is 67.6 Å². The number of likely N-dealkylation sites (N-methyl/N-ethyl adjacent to an activating group) is 1. The average Bonchev–Trinajstić information content (AvgIpc) is 2.88. The maximum absolute atomic E-state index is 12.7. The van der Waals surface area contributed by atoms with Gasteiger partial charge in [0.05, 0.1) is 6.20 Å². The van der Waals surface area contributed by atoms with Gasteiger partial charge in [0.1, 0.15) is 0 Å². The van der Waals surface area contributed by atoms with E-state index in [4.69, 9.17) is 0 Å². The molecule has 0 spiro atoms. The molecule has 1 aliphatic heterocycles. The lowest BCUT2D eigenvalue weighted by Crippen LogP contribution is -2.53. The maximum Gasteiger partial charge on any atom is 0.260 e. The fourth-order valence-electron chi connectivity index (χ4n) is 2.54. The van der Waals surface area contributed by atoms with Crippen LogP contribution in [0.3, 0.4) is 0 Å². The summed E-state index contributed by atoms with van der Waals surface area (Å²) in [5.74, 6) is 0. The summed E-state index contributed by atoms with van der Waals surface area (Å²) in [4.78, 5) is 2.22. The van der Waals surface area contributed by atoms with Crippen molar-refractivity contribution in [2.75, 3.05) is 33.7 Å². The van der Waals surface area contributed by atoms with Gasteiger partial charge in [0.2, 0.25) is 0 Å². The van der Waals surface area contributed by atoms with Crippen LogP contribution in [0.2, 0.25) is 0 Å². The van der Waals surface area contributed by atoms with E-state index in [-0.39, 0.29) is 11.1 Å². The predicted molar refractivity (Wildman–Crippen MR) is 76.8 cm³/mol. The second-order valence-electron chi connectivity index (χ2n) is 5.16. The average molecular weight is 301 g/mol. The van der Waals surface area contributed by atoms with Crippen molar-refractivity contribution in [1.82, 2.24) is 24.7 Å². The molecule has 0 aliphatic carbocycles. The normalized spacial score (nSPS) is 22.2. The quantitative estimate of drug-likeness (QED) is 0.790. The summed E-state index contributed by atoms with van der Waals surface area (Å²) >= 11 is 0. The van der Waals surface area contributed by atoms with Gasteiger partial charge in [0, 0.05) is 37.8 Å². The highest BCUT2D eigenvalue weighted by molar-refractivity contribution is 7.89. The number of sulfonamides is 1. The summed E-state index contributed by atoms with van der Waals surface area (Å²) in [7, 11) is 0.337. The van der Waals surface area contributed by atoms with Crippen LogP contribution in [0.5, 0.6) is 0 Å². The SMILES string of the molecule is CCC1CN(S(=O)(=O)c2[nH]ncc2CNC)CCN1C. The van der Waals surface area contributed by atoms with Crippen LogP contribution in [0.15, 0.2) is 11.2 Å². The first kappa shape index (κ1) is 15.4. The fourth-order valence-corrected chi connectivity index (χ4v) is 4.12. The number of rotatable bonds is 5. The third kappa shape index (κ3) is 2.88. The highest BCUT2D eigenvalue weighted by Gasteiger charge is 2.34. The zero-order valence-electron chi connectivity index (χ0n) is 12.3. The van der Waals surface area contributed by atoms with Gasteiger partial charge in [-0.05, 0) is 20.5 Å². The second-order valence-corrected chi connectivity index (χ2v) is 7.04. The van der Waals surface area contributed by atoms with Crippen LogP contribution >= 0.6 is 0 Å². The summed E-state index contributed by atoms with van der Waals surface area (Å²) in [6.45, 7) is 4.38. The summed E-state index contributed by atoms with van der Waals surface area (Å²) in [6.07, 6.45) is 2.51. The van der Waals surface area contributed by atoms with Crippen molar-refractivity contribution in [1.29, 1.82) is 0 Å². The van der Waals surface area contributed by atoms with Crippen molar-refractivity contribution in [2.24, 2.45) is 0 Å². The van der Waals surface area contributed by atoms with Gasteiger partial charge in [-0.15, -0.1) is 0 Å². The van der Waals surface area contributed by atoms with Crippen LogP contribution in [0, 0.1) is 0 Å². The van der Waals surface area contributed by atoms with Crippen molar-refractivity contribution in [3.8, 4) is 0 Å². The minimum atomic E-state index is -3.49.